The maximum Gasteiger partial charge on any atom is 0.265 e. The quantitative estimate of drug-likeness (QED) is 0.552. The zero-order chi connectivity index (χ0) is 25.0. The van der Waals surface area contributed by atoms with Crippen LogP contribution in [0.25, 0.3) is 11.8 Å². The van der Waals surface area contributed by atoms with E-state index in [2.05, 4.69) is 15.6 Å². The molecular weight excluding hydrogens is 461 g/mol. The normalized spacial score (nSPS) is 19.8. The second-order valence-electron chi connectivity index (χ2n) is 8.98. The summed E-state index contributed by atoms with van der Waals surface area (Å²) in [6.45, 7) is 4.52. The minimum atomic E-state index is -0.567. The van der Waals surface area contributed by atoms with Gasteiger partial charge in [-0.15, -0.1) is 0 Å². The lowest BCUT2D eigenvalue weighted by atomic mass is 10.00. The number of amidine groups is 1. The van der Waals surface area contributed by atoms with Crippen LogP contribution < -0.4 is 15.4 Å². The first-order chi connectivity index (χ1) is 17.5. The Labute approximate surface area is 209 Å². The van der Waals surface area contributed by atoms with Crippen molar-refractivity contribution in [2.75, 3.05) is 38.8 Å². The number of aromatic nitrogens is 2. The molecule has 9 heteroatoms. The monoisotopic (exact) mass is 492 g/mol. The SMILES string of the molecule is COc1cc(/C=C2\OCC[NH2+]\C2=N/C2(Nc3ccc(F)cc3)CCOCC2)ccc1-n1cnc(C)c1. The van der Waals surface area contributed by atoms with Gasteiger partial charge in [0.15, 0.2) is 0 Å². The smallest absolute Gasteiger partial charge is 0.265 e. The molecule has 2 saturated heterocycles. The number of nitrogens with two attached hydrogens (primary N) is 1. The number of methoxy groups -OCH3 is 1. The summed E-state index contributed by atoms with van der Waals surface area (Å²) in [5, 5.41) is 5.64. The summed E-state index contributed by atoms with van der Waals surface area (Å²) >= 11 is 0. The summed E-state index contributed by atoms with van der Waals surface area (Å²) in [7, 11) is 1.66. The number of nitrogens with zero attached hydrogens (tertiary/aromatic N) is 3. The van der Waals surface area contributed by atoms with Gasteiger partial charge in [-0.1, -0.05) is 6.07 Å². The number of benzene rings is 2. The van der Waals surface area contributed by atoms with Crippen molar-refractivity contribution in [1.29, 1.82) is 0 Å². The number of hydrogen-bond acceptors (Lipinski definition) is 6. The third kappa shape index (κ3) is 5.42. The van der Waals surface area contributed by atoms with Crippen molar-refractivity contribution in [3.63, 3.8) is 0 Å². The van der Waals surface area contributed by atoms with E-state index in [1.807, 2.05) is 42.0 Å². The number of morpholine rings is 1. The highest BCUT2D eigenvalue weighted by Crippen LogP contribution is 2.29. The van der Waals surface area contributed by atoms with Gasteiger partial charge in [-0.2, -0.15) is 0 Å². The summed E-state index contributed by atoms with van der Waals surface area (Å²) in [5.41, 5.74) is 3.04. The maximum absolute atomic E-state index is 13.5. The molecule has 188 valence electrons. The summed E-state index contributed by atoms with van der Waals surface area (Å²) in [4.78, 5) is 9.48. The van der Waals surface area contributed by atoms with Crippen molar-refractivity contribution in [3.8, 4) is 11.4 Å². The van der Waals surface area contributed by atoms with E-state index in [1.165, 1.54) is 12.1 Å². The van der Waals surface area contributed by atoms with Gasteiger partial charge in [-0.05, 0) is 55.0 Å². The van der Waals surface area contributed by atoms with Crippen LogP contribution in [0.2, 0.25) is 0 Å². The van der Waals surface area contributed by atoms with Gasteiger partial charge in [-0.3, -0.25) is 5.32 Å². The molecule has 0 unspecified atom stereocenters. The van der Waals surface area contributed by atoms with Crippen LogP contribution in [0.3, 0.4) is 0 Å². The zero-order valence-electron chi connectivity index (χ0n) is 20.5. The molecule has 3 heterocycles. The van der Waals surface area contributed by atoms with Crippen molar-refractivity contribution < 1.29 is 23.9 Å². The lowest BCUT2D eigenvalue weighted by Crippen LogP contribution is -2.91. The highest BCUT2D eigenvalue weighted by atomic mass is 19.1. The predicted molar refractivity (Wildman–Crippen MR) is 136 cm³/mol. The van der Waals surface area contributed by atoms with Gasteiger partial charge < -0.3 is 24.1 Å². The fraction of sp³-hybridized carbons (Fsp3) is 0.333. The summed E-state index contributed by atoms with van der Waals surface area (Å²) in [5.74, 6) is 1.97. The van der Waals surface area contributed by atoms with E-state index in [0.717, 1.165) is 40.8 Å². The molecule has 36 heavy (non-hydrogen) atoms. The second-order valence-corrected chi connectivity index (χ2v) is 8.98. The van der Waals surface area contributed by atoms with Gasteiger partial charge in [0, 0.05) is 24.7 Å². The Hall–Kier alpha value is -3.69. The molecule has 0 aliphatic carbocycles. The molecule has 2 fully saturated rings. The number of aliphatic imine (C=N–C) groups is 1. The standard InChI is InChI=1S/C27H30FN5O3/c1-19-17-33(18-30-19)23-8-3-20(15-24(23)34-2)16-25-26(29-11-14-36-25)32-27(9-12-35-13-10-27)31-22-6-4-21(28)5-7-22/h3-8,15-18,31H,9-14H2,1-2H3,(H,29,32)/p+1/b25-16-. The van der Waals surface area contributed by atoms with Crippen molar-refractivity contribution in [3.05, 3.63) is 77.8 Å². The van der Waals surface area contributed by atoms with Crippen LogP contribution in [0, 0.1) is 12.7 Å². The molecule has 2 aliphatic rings. The predicted octanol–water partition coefficient (Wildman–Crippen LogP) is 3.28. The molecule has 0 radical (unpaired) electrons. The number of quaternary nitrogens is 1. The largest absolute Gasteiger partial charge is 0.495 e. The molecule has 8 nitrogen and oxygen atoms in total. The third-order valence-corrected chi connectivity index (χ3v) is 6.33. The van der Waals surface area contributed by atoms with Crippen molar-refractivity contribution in [2.24, 2.45) is 4.99 Å². The number of rotatable bonds is 6. The molecule has 0 spiro atoms. The Balaban J connectivity index is 1.46. The van der Waals surface area contributed by atoms with Crippen LogP contribution in [-0.4, -0.2) is 54.5 Å². The number of anilines is 1. The van der Waals surface area contributed by atoms with Gasteiger partial charge >= 0.3 is 0 Å². The second kappa shape index (κ2) is 10.5. The van der Waals surface area contributed by atoms with Crippen LogP contribution in [0.1, 0.15) is 24.1 Å². The van der Waals surface area contributed by atoms with Crippen molar-refractivity contribution in [1.82, 2.24) is 9.55 Å². The van der Waals surface area contributed by atoms with Gasteiger partial charge in [0.1, 0.15) is 30.4 Å². The summed E-state index contributed by atoms with van der Waals surface area (Å²) in [6.07, 6.45) is 7.12. The van der Waals surface area contributed by atoms with Crippen LogP contribution in [0.15, 0.2) is 65.7 Å². The molecule has 2 aliphatic heterocycles. The average Bonchev–Trinajstić information content (AvgIpc) is 3.33. The molecule has 5 rings (SSSR count). The molecule has 0 bridgehead atoms. The topological polar surface area (TPSA) is 86.5 Å². The Bertz CT molecular complexity index is 1260. The first kappa shape index (κ1) is 24.0. The third-order valence-electron chi connectivity index (χ3n) is 6.33. The van der Waals surface area contributed by atoms with Crippen LogP contribution >= 0.6 is 0 Å². The van der Waals surface area contributed by atoms with Gasteiger partial charge in [0.25, 0.3) is 5.84 Å². The van der Waals surface area contributed by atoms with E-state index < -0.39 is 5.66 Å². The fourth-order valence-electron chi connectivity index (χ4n) is 4.46. The highest BCUT2D eigenvalue weighted by Gasteiger charge is 2.35. The van der Waals surface area contributed by atoms with E-state index in [1.54, 1.807) is 25.6 Å². The molecular formula is C27H31FN5O3+. The Morgan fingerprint density at radius 1 is 1.17 bits per heavy atom. The number of hydrogen-bond donors (Lipinski definition) is 2. The average molecular weight is 493 g/mol. The molecule has 3 aromatic rings. The van der Waals surface area contributed by atoms with E-state index in [9.17, 15) is 4.39 Å². The van der Waals surface area contributed by atoms with Crippen molar-refractivity contribution in [2.45, 2.75) is 25.4 Å². The number of aryl methyl sites for hydroxylation is 1. The number of imidazole rings is 1. The lowest BCUT2D eigenvalue weighted by Gasteiger charge is -2.35. The van der Waals surface area contributed by atoms with Crippen molar-refractivity contribution >= 4 is 17.6 Å². The fourth-order valence-corrected chi connectivity index (χ4v) is 4.46. The molecule has 0 amide bonds. The van der Waals surface area contributed by atoms with E-state index in [4.69, 9.17) is 19.2 Å². The molecule has 0 atom stereocenters. The van der Waals surface area contributed by atoms with E-state index >= 15 is 0 Å². The van der Waals surface area contributed by atoms with E-state index in [-0.39, 0.29) is 5.82 Å². The summed E-state index contributed by atoms with van der Waals surface area (Å²) < 4.78 is 32.8. The first-order valence-corrected chi connectivity index (χ1v) is 12.1. The molecule has 0 saturated carbocycles. The number of ether oxygens (including phenoxy) is 3. The van der Waals surface area contributed by atoms with Crippen LogP contribution in [-0.2, 0) is 9.47 Å². The Morgan fingerprint density at radius 2 is 1.97 bits per heavy atom. The Kier molecular flexibility index (Phi) is 7.02. The van der Waals surface area contributed by atoms with E-state index in [0.29, 0.717) is 38.4 Å². The number of halogens is 1. The minimum absolute atomic E-state index is 0.267. The summed E-state index contributed by atoms with van der Waals surface area (Å²) in [6, 6.07) is 12.4. The molecule has 3 N–H and O–H groups in total. The van der Waals surface area contributed by atoms with Gasteiger partial charge in [-0.25, -0.2) is 14.4 Å². The lowest BCUT2D eigenvalue weighted by molar-refractivity contribution is -0.550. The highest BCUT2D eigenvalue weighted by molar-refractivity contribution is 5.94. The minimum Gasteiger partial charge on any atom is -0.495 e. The molecule has 2 aromatic carbocycles. The van der Waals surface area contributed by atoms with Gasteiger partial charge in [0.05, 0.1) is 38.0 Å². The molecule has 1 aromatic heterocycles. The first-order valence-electron chi connectivity index (χ1n) is 12.1. The van der Waals surface area contributed by atoms with Crippen LogP contribution in [0.5, 0.6) is 5.75 Å². The zero-order valence-corrected chi connectivity index (χ0v) is 20.5. The van der Waals surface area contributed by atoms with Gasteiger partial charge in [0.2, 0.25) is 5.76 Å². The Morgan fingerprint density at radius 3 is 2.69 bits per heavy atom. The number of nitrogens with one attached hydrogen (secondary N) is 1. The maximum atomic E-state index is 13.5. The van der Waals surface area contributed by atoms with Crippen LogP contribution in [0.4, 0.5) is 10.1 Å².